The number of benzene rings is 1. The van der Waals surface area contributed by atoms with E-state index in [4.69, 9.17) is 0 Å². The minimum atomic E-state index is -0.461. The van der Waals surface area contributed by atoms with Crippen molar-refractivity contribution in [1.29, 1.82) is 0 Å². The first kappa shape index (κ1) is 10.7. The number of aliphatic hydroxyl groups is 1. The number of imidazole rings is 1. The van der Waals surface area contributed by atoms with Crippen molar-refractivity contribution >= 4 is 11.0 Å². The summed E-state index contributed by atoms with van der Waals surface area (Å²) in [5.74, 6) is 1.73. The number of nitrogens with zero attached hydrogens (tertiary/aromatic N) is 1. The highest BCUT2D eigenvalue weighted by atomic mass is 16.3. The van der Waals surface area contributed by atoms with Crippen molar-refractivity contribution in [2.24, 2.45) is 0 Å². The highest BCUT2D eigenvalue weighted by Crippen LogP contribution is 2.39. The molecular weight excluding hydrogens is 214 g/mol. The van der Waals surface area contributed by atoms with Crippen molar-refractivity contribution < 1.29 is 5.11 Å². The summed E-state index contributed by atoms with van der Waals surface area (Å²) < 4.78 is 0. The average molecular weight is 231 g/mol. The molecule has 1 unspecified atom stereocenters. The third kappa shape index (κ3) is 2.06. The van der Waals surface area contributed by atoms with Gasteiger partial charge in [-0.05, 0) is 37.6 Å². The first-order valence-electron chi connectivity index (χ1n) is 6.10. The quantitative estimate of drug-likeness (QED) is 0.750. The van der Waals surface area contributed by atoms with Gasteiger partial charge >= 0.3 is 0 Å². The van der Waals surface area contributed by atoms with Crippen LogP contribution in [0, 0.1) is 0 Å². The van der Waals surface area contributed by atoms with E-state index in [9.17, 15) is 5.11 Å². The van der Waals surface area contributed by atoms with Crippen molar-refractivity contribution in [3.05, 3.63) is 29.6 Å². The van der Waals surface area contributed by atoms with Crippen molar-refractivity contribution in [3.63, 3.8) is 0 Å². The maximum absolute atomic E-state index is 9.91. The number of aromatic nitrogens is 2. The lowest BCUT2D eigenvalue weighted by Gasteiger charge is -2.09. The average Bonchev–Trinajstić information content (AvgIpc) is 3.08. The van der Waals surface area contributed by atoms with Gasteiger partial charge in [0, 0.05) is 12.5 Å². The fourth-order valence-corrected chi connectivity index (χ4v) is 2.12. The van der Waals surface area contributed by atoms with Gasteiger partial charge in [0.15, 0.2) is 0 Å². The van der Waals surface area contributed by atoms with Crippen LogP contribution in [0.4, 0.5) is 0 Å². The van der Waals surface area contributed by atoms with E-state index in [1.807, 2.05) is 25.2 Å². The van der Waals surface area contributed by atoms with E-state index >= 15 is 0 Å². The van der Waals surface area contributed by atoms with Crippen molar-refractivity contribution in [1.82, 2.24) is 15.3 Å². The standard InChI is InChI=1S/C13H17N3O/c1-14-7-12(17)9-4-5-10-11(6-9)16-13(15-10)8-2-3-8/h4-6,8,12,14,17H,2-3,7H2,1H3,(H,15,16). The van der Waals surface area contributed by atoms with Crippen molar-refractivity contribution in [3.8, 4) is 0 Å². The molecule has 1 aliphatic carbocycles. The number of fused-ring (bicyclic) bond motifs is 1. The number of aromatic amines is 1. The van der Waals surface area contributed by atoms with Gasteiger partial charge in [-0.15, -0.1) is 0 Å². The Morgan fingerprint density at radius 1 is 1.53 bits per heavy atom. The molecule has 1 aliphatic rings. The molecule has 0 radical (unpaired) electrons. The summed E-state index contributed by atoms with van der Waals surface area (Å²) in [6.45, 7) is 0.565. The fourth-order valence-electron chi connectivity index (χ4n) is 2.12. The largest absolute Gasteiger partial charge is 0.387 e. The molecule has 0 amide bonds. The number of aliphatic hydroxyl groups excluding tert-OH is 1. The second-order valence-corrected chi connectivity index (χ2v) is 4.75. The third-order valence-corrected chi connectivity index (χ3v) is 3.27. The summed E-state index contributed by atoms with van der Waals surface area (Å²) in [4.78, 5) is 7.92. The summed E-state index contributed by atoms with van der Waals surface area (Å²) in [6.07, 6.45) is 2.03. The van der Waals surface area contributed by atoms with Gasteiger partial charge in [-0.25, -0.2) is 4.98 Å². The van der Waals surface area contributed by atoms with Gasteiger partial charge in [0.2, 0.25) is 0 Å². The SMILES string of the molecule is CNCC(O)c1ccc2nc(C3CC3)[nH]c2c1. The predicted octanol–water partition coefficient (Wildman–Crippen LogP) is 1.69. The maximum Gasteiger partial charge on any atom is 0.110 e. The molecule has 0 bridgehead atoms. The van der Waals surface area contributed by atoms with Crippen molar-refractivity contribution in [2.75, 3.05) is 13.6 Å². The predicted molar refractivity (Wildman–Crippen MR) is 67.0 cm³/mol. The van der Waals surface area contributed by atoms with Gasteiger partial charge in [0.25, 0.3) is 0 Å². The van der Waals surface area contributed by atoms with Gasteiger partial charge in [-0.2, -0.15) is 0 Å². The molecular formula is C13H17N3O. The zero-order chi connectivity index (χ0) is 11.8. The summed E-state index contributed by atoms with van der Waals surface area (Å²) >= 11 is 0. The van der Waals surface area contributed by atoms with E-state index in [1.54, 1.807) is 0 Å². The van der Waals surface area contributed by atoms with Gasteiger partial charge in [0.05, 0.1) is 17.1 Å². The lowest BCUT2D eigenvalue weighted by atomic mass is 10.1. The molecule has 2 aromatic rings. The van der Waals surface area contributed by atoms with Crippen LogP contribution in [-0.4, -0.2) is 28.7 Å². The molecule has 0 spiro atoms. The maximum atomic E-state index is 9.91. The molecule has 17 heavy (non-hydrogen) atoms. The Balaban J connectivity index is 1.94. The van der Waals surface area contributed by atoms with Crippen LogP contribution >= 0.6 is 0 Å². The van der Waals surface area contributed by atoms with Crippen LogP contribution in [0.3, 0.4) is 0 Å². The molecule has 0 saturated heterocycles. The molecule has 1 aromatic heterocycles. The number of likely N-dealkylation sites (N-methyl/N-ethyl adjacent to an activating group) is 1. The van der Waals surface area contributed by atoms with Gasteiger partial charge in [-0.1, -0.05) is 6.07 Å². The van der Waals surface area contributed by atoms with Crippen LogP contribution in [0.1, 0.15) is 36.3 Å². The molecule has 1 fully saturated rings. The fraction of sp³-hybridized carbons (Fsp3) is 0.462. The Morgan fingerprint density at radius 2 is 2.35 bits per heavy atom. The van der Waals surface area contributed by atoms with Crippen LogP contribution in [0.5, 0.6) is 0 Å². The van der Waals surface area contributed by atoms with Gasteiger partial charge in [-0.3, -0.25) is 0 Å². The first-order valence-corrected chi connectivity index (χ1v) is 6.10. The minimum absolute atomic E-state index is 0.461. The molecule has 0 aliphatic heterocycles. The molecule has 3 rings (SSSR count). The summed E-state index contributed by atoms with van der Waals surface area (Å²) in [7, 11) is 1.84. The highest BCUT2D eigenvalue weighted by Gasteiger charge is 2.26. The molecule has 90 valence electrons. The van der Waals surface area contributed by atoms with E-state index in [0.717, 1.165) is 22.4 Å². The molecule has 1 aromatic carbocycles. The zero-order valence-corrected chi connectivity index (χ0v) is 9.90. The Labute approximate surface area is 100 Å². The second-order valence-electron chi connectivity index (χ2n) is 4.75. The van der Waals surface area contributed by atoms with Crippen LogP contribution in [0.2, 0.25) is 0 Å². The minimum Gasteiger partial charge on any atom is -0.387 e. The molecule has 1 atom stereocenters. The number of rotatable bonds is 4. The van der Waals surface area contributed by atoms with E-state index < -0.39 is 6.10 Å². The molecule has 4 nitrogen and oxygen atoms in total. The topological polar surface area (TPSA) is 60.9 Å². The Bertz CT molecular complexity index is 530. The van der Waals surface area contributed by atoms with Gasteiger partial charge in [0.1, 0.15) is 5.82 Å². The van der Waals surface area contributed by atoms with E-state index in [2.05, 4.69) is 15.3 Å². The normalized spacial score (nSPS) is 17.5. The van der Waals surface area contributed by atoms with Crippen LogP contribution in [0.15, 0.2) is 18.2 Å². The highest BCUT2D eigenvalue weighted by molar-refractivity contribution is 5.76. The number of H-pyrrole nitrogens is 1. The molecule has 4 heteroatoms. The molecule has 1 saturated carbocycles. The molecule has 3 N–H and O–H groups in total. The smallest absolute Gasteiger partial charge is 0.110 e. The summed E-state index contributed by atoms with van der Waals surface area (Å²) in [6, 6.07) is 5.92. The summed E-state index contributed by atoms with van der Waals surface area (Å²) in [5, 5.41) is 12.9. The number of nitrogens with one attached hydrogen (secondary N) is 2. The number of hydrogen-bond acceptors (Lipinski definition) is 3. The lowest BCUT2D eigenvalue weighted by Crippen LogP contribution is -2.16. The zero-order valence-electron chi connectivity index (χ0n) is 9.90. The van der Waals surface area contributed by atoms with E-state index in [1.165, 1.54) is 12.8 Å². The lowest BCUT2D eigenvalue weighted by molar-refractivity contribution is 0.178. The Kier molecular flexibility index (Phi) is 2.61. The van der Waals surface area contributed by atoms with Gasteiger partial charge < -0.3 is 15.4 Å². The Hall–Kier alpha value is -1.39. The first-order chi connectivity index (χ1) is 8.28. The third-order valence-electron chi connectivity index (χ3n) is 3.27. The van der Waals surface area contributed by atoms with Crippen LogP contribution < -0.4 is 5.32 Å². The van der Waals surface area contributed by atoms with E-state index in [0.29, 0.717) is 12.5 Å². The van der Waals surface area contributed by atoms with Crippen LogP contribution in [0.25, 0.3) is 11.0 Å². The number of hydrogen-bond donors (Lipinski definition) is 3. The molecule has 1 heterocycles. The Morgan fingerprint density at radius 3 is 3.06 bits per heavy atom. The monoisotopic (exact) mass is 231 g/mol. The summed E-state index contributed by atoms with van der Waals surface area (Å²) in [5.41, 5.74) is 2.95. The van der Waals surface area contributed by atoms with Crippen molar-refractivity contribution in [2.45, 2.75) is 24.9 Å². The second kappa shape index (κ2) is 4.13. The van der Waals surface area contributed by atoms with Crippen LogP contribution in [-0.2, 0) is 0 Å². The van der Waals surface area contributed by atoms with E-state index in [-0.39, 0.29) is 0 Å².